The van der Waals surface area contributed by atoms with Gasteiger partial charge in [0.25, 0.3) is 0 Å². The van der Waals surface area contributed by atoms with E-state index in [4.69, 9.17) is 28.9 Å². The molecule has 2 aliphatic carbocycles. The van der Waals surface area contributed by atoms with Crippen molar-refractivity contribution in [1.82, 2.24) is 4.90 Å². The minimum atomic E-state index is -1.37. The number of ether oxygens (including phenoxy) is 4. The Bertz CT molecular complexity index is 2120. The zero-order valence-electron chi connectivity index (χ0n) is 35.0. The first-order valence-corrected chi connectivity index (χ1v) is 21.8. The molecule has 6 atom stereocenters. The molecule has 1 aliphatic heterocycles. The number of aliphatic hydroxyl groups excluding tert-OH is 2. The summed E-state index contributed by atoms with van der Waals surface area (Å²) >= 11 is 0. The highest BCUT2D eigenvalue weighted by atomic mass is 16.7. The average molecular weight is 817 g/mol. The summed E-state index contributed by atoms with van der Waals surface area (Å²) in [6.45, 7) is 9.31. The number of hydrogen-bond acceptors (Lipinski definition) is 9. The normalized spacial score (nSPS) is 23.5. The summed E-state index contributed by atoms with van der Waals surface area (Å²) in [6.07, 6.45) is 9.35. The van der Waals surface area contributed by atoms with Crippen molar-refractivity contribution in [2.45, 2.75) is 89.6 Å². The number of allylic oxidation sites excluding steroid dienone is 1. The SMILES string of the molecule is C=CCOC12Oc3ccc(Oc4ccc5ccccc5c4)cc3C3C(CCCCO)C(CCCCO)C=C(C(=NOCC)CC1N(CCC)C(=O)OCc1ccccc1)C32. The first kappa shape index (κ1) is 42.9. The van der Waals surface area contributed by atoms with Gasteiger partial charge in [0, 0.05) is 37.7 Å². The molecular formula is C50H60N2O8. The maximum absolute atomic E-state index is 14.5. The number of benzene rings is 4. The van der Waals surface area contributed by atoms with Gasteiger partial charge in [0.15, 0.2) is 0 Å². The van der Waals surface area contributed by atoms with Crippen LogP contribution >= 0.6 is 0 Å². The van der Waals surface area contributed by atoms with Gasteiger partial charge in [-0.1, -0.05) is 97.7 Å². The summed E-state index contributed by atoms with van der Waals surface area (Å²) in [5.41, 5.74) is 3.63. The van der Waals surface area contributed by atoms with Crippen LogP contribution in [0.2, 0.25) is 0 Å². The van der Waals surface area contributed by atoms with Crippen LogP contribution in [0.4, 0.5) is 4.79 Å². The van der Waals surface area contributed by atoms with Crippen molar-refractivity contribution in [2.75, 3.05) is 33.0 Å². The molecule has 1 amide bonds. The van der Waals surface area contributed by atoms with E-state index in [0.717, 1.165) is 64.6 Å². The highest BCUT2D eigenvalue weighted by molar-refractivity contribution is 6.03. The Morgan fingerprint density at radius 2 is 1.65 bits per heavy atom. The Hall–Kier alpha value is -5.16. The van der Waals surface area contributed by atoms with E-state index in [1.807, 2.05) is 74.5 Å². The maximum atomic E-state index is 14.5. The Balaban J connectivity index is 1.39. The zero-order valence-corrected chi connectivity index (χ0v) is 35.0. The molecule has 1 saturated carbocycles. The van der Waals surface area contributed by atoms with Crippen LogP contribution in [0.3, 0.4) is 0 Å². The summed E-state index contributed by atoms with van der Waals surface area (Å²) in [5.74, 6) is 0.322. The molecule has 60 heavy (non-hydrogen) atoms. The first-order valence-electron chi connectivity index (χ1n) is 21.8. The molecule has 7 rings (SSSR count). The fraction of sp³-hybridized carbons (Fsp3) is 0.440. The van der Waals surface area contributed by atoms with Crippen LogP contribution in [0.25, 0.3) is 10.8 Å². The Morgan fingerprint density at radius 3 is 2.40 bits per heavy atom. The van der Waals surface area contributed by atoms with Gasteiger partial charge in [-0.05, 0) is 103 Å². The van der Waals surface area contributed by atoms with Crippen molar-refractivity contribution in [3.63, 3.8) is 0 Å². The number of hydrogen-bond donors (Lipinski definition) is 2. The molecule has 0 bridgehead atoms. The summed E-state index contributed by atoms with van der Waals surface area (Å²) in [6, 6.07) is 29.4. The minimum absolute atomic E-state index is 0.0889. The van der Waals surface area contributed by atoms with Crippen LogP contribution in [0.1, 0.15) is 82.3 Å². The molecule has 1 fully saturated rings. The number of rotatable bonds is 20. The van der Waals surface area contributed by atoms with E-state index in [1.165, 1.54) is 0 Å². The summed E-state index contributed by atoms with van der Waals surface area (Å²) in [5, 5.41) is 26.9. The van der Waals surface area contributed by atoms with E-state index in [-0.39, 0.29) is 44.2 Å². The molecule has 1 heterocycles. The Morgan fingerprint density at radius 1 is 0.917 bits per heavy atom. The van der Waals surface area contributed by atoms with Gasteiger partial charge in [-0.3, -0.25) is 4.90 Å². The van der Waals surface area contributed by atoms with E-state index in [2.05, 4.69) is 43.0 Å². The molecule has 10 nitrogen and oxygen atoms in total. The second-order valence-electron chi connectivity index (χ2n) is 16.0. The van der Waals surface area contributed by atoms with Crippen molar-refractivity contribution >= 4 is 22.6 Å². The smallest absolute Gasteiger partial charge is 0.410 e. The van der Waals surface area contributed by atoms with Gasteiger partial charge in [-0.15, -0.1) is 6.58 Å². The molecule has 0 aromatic heterocycles. The summed E-state index contributed by atoms with van der Waals surface area (Å²) < 4.78 is 27.1. The van der Waals surface area contributed by atoms with Gasteiger partial charge in [-0.25, -0.2) is 4.79 Å². The third kappa shape index (κ3) is 9.26. The number of aliphatic hydroxyl groups is 2. The molecule has 2 N–H and O–H groups in total. The first-order chi connectivity index (χ1) is 29.4. The Kier molecular flexibility index (Phi) is 14.6. The fourth-order valence-corrected chi connectivity index (χ4v) is 9.64. The zero-order chi connectivity index (χ0) is 41.9. The lowest BCUT2D eigenvalue weighted by Gasteiger charge is -2.59. The molecule has 10 heteroatoms. The lowest BCUT2D eigenvalue weighted by Crippen LogP contribution is -2.70. The van der Waals surface area contributed by atoms with Crippen LogP contribution in [0, 0.1) is 17.8 Å². The number of nitrogens with zero attached hydrogens (tertiary/aromatic N) is 2. The van der Waals surface area contributed by atoms with Gasteiger partial charge < -0.3 is 34.0 Å². The van der Waals surface area contributed by atoms with Crippen LogP contribution in [0.15, 0.2) is 120 Å². The van der Waals surface area contributed by atoms with E-state index < -0.39 is 23.8 Å². The molecule has 4 aromatic rings. The quantitative estimate of drug-likeness (QED) is 0.0514. The van der Waals surface area contributed by atoms with Crippen molar-refractivity contribution in [1.29, 1.82) is 0 Å². The maximum Gasteiger partial charge on any atom is 0.410 e. The second-order valence-corrected chi connectivity index (χ2v) is 16.0. The highest BCUT2D eigenvalue weighted by Gasteiger charge is 2.65. The van der Waals surface area contributed by atoms with Crippen LogP contribution in [0.5, 0.6) is 17.2 Å². The van der Waals surface area contributed by atoms with E-state index in [9.17, 15) is 15.0 Å². The van der Waals surface area contributed by atoms with Crippen molar-refractivity contribution < 1.29 is 38.8 Å². The number of oxime groups is 1. The Labute approximate surface area is 354 Å². The van der Waals surface area contributed by atoms with Crippen LogP contribution in [-0.2, 0) is 20.9 Å². The lowest BCUT2D eigenvalue weighted by atomic mass is 9.55. The number of amides is 1. The number of unbranched alkanes of at least 4 members (excludes halogenated alkanes) is 2. The number of carbonyl (C=O) groups is 1. The third-order valence-electron chi connectivity index (χ3n) is 12.2. The van der Waals surface area contributed by atoms with Gasteiger partial charge in [-0.2, -0.15) is 0 Å². The predicted octanol–water partition coefficient (Wildman–Crippen LogP) is 10.3. The summed E-state index contributed by atoms with van der Waals surface area (Å²) in [4.78, 5) is 22.1. The molecule has 0 radical (unpaired) electrons. The van der Waals surface area contributed by atoms with E-state index in [1.54, 1.807) is 11.0 Å². The predicted molar refractivity (Wildman–Crippen MR) is 234 cm³/mol. The van der Waals surface area contributed by atoms with Crippen LogP contribution < -0.4 is 9.47 Å². The molecule has 0 saturated heterocycles. The van der Waals surface area contributed by atoms with E-state index in [0.29, 0.717) is 50.3 Å². The topological polar surface area (TPSA) is 119 Å². The minimum Gasteiger partial charge on any atom is -0.459 e. The average Bonchev–Trinajstić information content (AvgIpc) is 3.27. The van der Waals surface area contributed by atoms with Gasteiger partial charge in [0.1, 0.15) is 36.5 Å². The van der Waals surface area contributed by atoms with Gasteiger partial charge >= 0.3 is 6.09 Å². The standard InChI is InChI=1S/C50H60N2O8/c1-4-26-52(49(55)56-34-35-16-8-7-9-17-35)46-33-44(51-58-6-3)42-31-38(20-12-14-27-53)41(21-13-15-28-54)47-43-32-40(59-39-23-22-36-18-10-11-19-37(36)30-39)24-25-45(43)60-50(46,48(42)47)57-29-5-2/h5,7-11,16-19,22-25,30-32,38,41,46-48,53-54H,2,4,6,12-15,20-21,26-29,33-34H2,1,3H3. The van der Waals surface area contributed by atoms with Gasteiger partial charge in [0.2, 0.25) is 5.79 Å². The van der Waals surface area contributed by atoms with E-state index >= 15 is 0 Å². The molecule has 6 unspecified atom stereocenters. The second kappa shape index (κ2) is 20.4. The molecule has 318 valence electrons. The largest absolute Gasteiger partial charge is 0.459 e. The third-order valence-corrected chi connectivity index (χ3v) is 12.2. The van der Waals surface area contributed by atoms with Crippen LogP contribution in [-0.4, -0.2) is 71.7 Å². The molecule has 4 aromatic carbocycles. The fourth-order valence-electron chi connectivity index (χ4n) is 9.64. The van der Waals surface area contributed by atoms with Crippen molar-refractivity contribution in [3.05, 3.63) is 126 Å². The molecule has 0 spiro atoms. The van der Waals surface area contributed by atoms with Crippen molar-refractivity contribution in [3.8, 4) is 17.2 Å². The molecule has 3 aliphatic rings. The highest BCUT2D eigenvalue weighted by Crippen LogP contribution is 2.62. The number of carbonyl (C=O) groups excluding carboxylic acids is 1. The number of fused-ring (bicyclic) bond motifs is 3. The monoisotopic (exact) mass is 816 g/mol. The van der Waals surface area contributed by atoms with Gasteiger partial charge in [0.05, 0.1) is 18.2 Å². The van der Waals surface area contributed by atoms with Crippen molar-refractivity contribution in [2.24, 2.45) is 22.9 Å². The molecular weight excluding hydrogens is 757 g/mol. The summed E-state index contributed by atoms with van der Waals surface area (Å²) in [7, 11) is 0. The lowest BCUT2D eigenvalue weighted by molar-refractivity contribution is -0.255.